The van der Waals surface area contributed by atoms with Gasteiger partial charge in [-0.05, 0) is 23.8 Å². The van der Waals surface area contributed by atoms with Crippen LogP contribution in [0.2, 0.25) is 0 Å². The normalized spacial score (nSPS) is 11.7. The highest BCUT2D eigenvalue weighted by atomic mass is 32.2. The molecular formula is C17H14N2O3S. The van der Waals surface area contributed by atoms with Gasteiger partial charge in [-0.25, -0.2) is 13.4 Å². The first kappa shape index (κ1) is 15.1. The zero-order valence-corrected chi connectivity index (χ0v) is 12.9. The number of hydrogen-bond donors (Lipinski definition) is 1. The Balaban J connectivity index is 1.78. The summed E-state index contributed by atoms with van der Waals surface area (Å²) >= 11 is 0. The van der Waals surface area contributed by atoms with Crippen molar-refractivity contribution < 1.29 is 12.8 Å². The number of anilines is 1. The topological polar surface area (TPSA) is 72.2 Å². The number of aromatic nitrogens is 1. The fourth-order valence-electron chi connectivity index (χ4n) is 2.02. The molecule has 3 aromatic rings. The Labute approximate surface area is 134 Å². The molecule has 5 nitrogen and oxygen atoms in total. The lowest BCUT2D eigenvalue weighted by Crippen LogP contribution is -2.08. The van der Waals surface area contributed by atoms with Crippen molar-refractivity contribution in [1.82, 2.24) is 4.98 Å². The van der Waals surface area contributed by atoms with E-state index in [-0.39, 0.29) is 0 Å². The second-order valence-electron chi connectivity index (χ2n) is 4.81. The van der Waals surface area contributed by atoms with Crippen LogP contribution in [0.15, 0.2) is 77.0 Å². The number of sulfonamides is 1. The molecule has 0 atom stereocenters. The SMILES string of the molecule is O=S(=O)(/C=C/c1ccccc1)Nc1cccc(-c2cnco2)c1. The van der Waals surface area contributed by atoms with Crippen LogP contribution in [0.25, 0.3) is 17.4 Å². The molecule has 0 spiro atoms. The Hall–Kier alpha value is -2.86. The van der Waals surface area contributed by atoms with E-state index in [1.807, 2.05) is 36.4 Å². The van der Waals surface area contributed by atoms with Crippen LogP contribution in [-0.2, 0) is 10.0 Å². The van der Waals surface area contributed by atoms with Crippen molar-refractivity contribution in [3.63, 3.8) is 0 Å². The smallest absolute Gasteiger partial charge is 0.255 e. The second-order valence-corrected chi connectivity index (χ2v) is 6.37. The minimum absolute atomic E-state index is 0.455. The Bertz CT molecular complexity index is 902. The van der Waals surface area contributed by atoms with E-state index >= 15 is 0 Å². The van der Waals surface area contributed by atoms with E-state index < -0.39 is 10.0 Å². The van der Waals surface area contributed by atoms with Crippen molar-refractivity contribution in [1.29, 1.82) is 0 Å². The molecule has 0 amide bonds. The van der Waals surface area contributed by atoms with Gasteiger partial charge in [0.25, 0.3) is 10.0 Å². The summed E-state index contributed by atoms with van der Waals surface area (Å²) < 4.78 is 32.0. The molecule has 0 aliphatic rings. The first-order valence-electron chi connectivity index (χ1n) is 6.87. The Morgan fingerprint density at radius 1 is 1.04 bits per heavy atom. The monoisotopic (exact) mass is 326 g/mol. The summed E-state index contributed by atoms with van der Waals surface area (Å²) in [7, 11) is -3.60. The van der Waals surface area contributed by atoms with Gasteiger partial charge in [0.2, 0.25) is 0 Å². The first-order chi connectivity index (χ1) is 11.1. The molecule has 0 bridgehead atoms. The first-order valence-corrected chi connectivity index (χ1v) is 8.42. The van der Waals surface area contributed by atoms with Crippen LogP contribution in [0.1, 0.15) is 5.56 Å². The third-order valence-electron chi connectivity index (χ3n) is 3.08. The molecule has 0 saturated heterocycles. The zero-order chi connectivity index (χ0) is 16.1. The molecule has 1 heterocycles. The van der Waals surface area contributed by atoms with Crippen molar-refractivity contribution in [3.05, 3.63) is 78.2 Å². The quantitative estimate of drug-likeness (QED) is 0.775. The van der Waals surface area contributed by atoms with Gasteiger partial charge >= 0.3 is 0 Å². The number of nitrogens with one attached hydrogen (secondary N) is 1. The van der Waals surface area contributed by atoms with E-state index in [0.29, 0.717) is 11.4 Å². The fraction of sp³-hybridized carbons (Fsp3) is 0. The number of benzene rings is 2. The Kier molecular flexibility index (Phi) is 4.25. The average molecular weight is 326 g/mol. The summed E-state index contributed by atoms with van der Waals surface area (Å²) in [4.78, 5) is 3.85. The van der Waals surface area contributed by atoms with Gasteiger partial charge < -0.3 is 4.42 Å². The lowest BCUT2D eigenvalue weighted by Gasteiger charge is -2.05. The molecule has 1 N–H and O–H groups in total. The van der Waals surface area contributed by atoms with Crippen LogP contribution >= 0.6 is 0 Å². The second kappa shape index (κ2) is 6.50. The highest BCUT2D eigenvalue weighted by Crippen LogP contribution is 2.22. The Morgan fingerprint density at radius 2 is 1.87 bits per heavy atom. The van der Waals surface area contributed by atoms with Gasteiger partial charge in [-0.2, -0.15) is 0 Å². The number of rotatable bonds is 5. The van der Waals surface area contributed by atoms with E-state index in [0.717, 1.165) is 16.5 Å². The van der Waals surface area contributed by atoms with Crippen molar-refractivity contribution in [2.24, 2.45) is 0 Å². The summed E-state index contributed by atoms with van der Waals surface area (Å²) in [5.74, 6) is 0.575. The maximum atomic E-state index is 12.1. The molecule has 0 fully saturated rings. The maximum absolute atomic E-state index is 12.1. The van der Waals surface area contributed by atoms with Crippen LogP contribution in [0, 0.1) is 0 Å². The minimum atomic E-state index is -3.60. The molecule has 23 heavy (non-hydrogen) atoms. The molecule has 3 rings (SSSR count). The molecule has 116 valence electrons. The predicted octanol–water partition coefficient (Wildman–Crippen LogP) is 3.75. The molecule has 2 aromatic carbocycles. The Morgan fingerprint density at radius 3 is 2.61 bits per heavy atom. The van der Waals surface area contributed by atoms with E-state index in [9.17, 15) is 8.42 Å². The number of oxazole rings is 1. The summed E-state index contributed by atoms with van der Waals surface area (Å²) in [6, 6.07) is 16.2. The van der Waals surface area contributed by atoms with Crippen LogP contribution in [0.5, 0.6) is 0 Å². The summed E-state index contributed by atoms with van der Waals surface area (Å²) in [5.41, 5.74) is 2.01. The molecule has 1 aromatic heterocycles. The van der Waals surface area contributed by atoms with Gasteiger partial charge in [0.1, 0.15) is 0 Å². The van der Waals surface area contributed by atoms with Crippen molar-refractivity contribution >= 4 is 21.8 Å². The molecule has 6 heteroatoms. The van der Waals surface area contributed by atoms with Crippen LogP contribution < -0.4 is 4.72 Å². The van der Waals surface area contributed by atoms with Crippen LogP contribution in [0.3, 0.4) is 0 Å². The maximum Gasteiger partial charge on any atom is 0.255 e. The van der Waals surface area contributed by atoms with Crippen LogP contribution in [0.4, 0.5) is 5.69 Å². The summed E-state index contributed by atoms with van der Waals surface area (Å²) in [6.07, 6.45) is 4.44. The standard InChI is InChI=1S/C17H14N2O3S/c20-23(21,10-9-14-5-2-1-3-6-14)19-16-8-4-7-15(11-16)17-12-18-13-22-17/h1-13,19H/b10-9+. The lowest BCUT2D eigenvalue weighted by molar-refractivity contribution is 0.572. The molecule has 0 unspecified atom stereocenters. The number of nitrogens with zero attached hydrogens (tertiary/aromatic N) is 1. The third kappa shape index (κ3) is 4.08. The number of hydrogen-bond acceptors (Lipinski definition) is 4. The van der Waals surface area contributed by atoms with Gasteiger partial charge in [0.15, 0.2) is 12.2 Å². The molecule has 0 saturated carbocycles. The highest BCUT2D eigenvalue weighted by Gasteiger charge is 2.08. The van der Waals surface area contributed by atoms with Gasteiger partial charge in [0.05, 0.1) is 11.6 Å². The van der Waals surface area contributed by atoms with Gasteiger partial charge in [-0.15, -0.1) is 0 Å². The van der Waals surface area contributed by atoms with E-state index in [1.54, 1.807) is 30.5 Å². The fourth-order valence-corrected chi connectivity index (χ4v) is 2.88. The van der Waals surface area contributed by atoms with Gasteiger partial charge in [-0.3, -0.25) is 4.72 Å². The summed E-state index contributed by atoms with van der Waals surface area (Å²) in [6.45, 7) is 0. The summed E-state index contributed by atoms with van der Waals surface area (Å²) in [5, 5.41) is 1.14. The predicted molar refractivity (Wildman–Crippen MR) is 90.0 cm³/mol. The highest BCUT2D eigenvalue weighted by molar-refractivity contribution is 7.95. The van der Waals surface area contributed by atoms with Gasteiger partial charge in [-0.1, -0.05) is 42.5 Å². The average Bonchev–Trinajstić information content (AvgIpc) is 3.08. The molecule has 0 aliphatic heterocycles. The minimum Gasteiger partial charge on any atom is -0.444 e. The van der Waals surface area contributed by atoms with E-state index in [1.165, 1.54) is 6.39 Å². The molecule has 0 radical (unpaired) electrons. The van der Waals surface area contributed by atoms with Crippen molar-refractivity contribution in [3.8, 4) is 11.3 Å². The van der Waals surface area contributed by atoms with Crippen LogP contribution in [-0.4, -0.2) is 13.4 Å². The molecule has 0 aliphatic carbocycles. The largest absolute Gasteiger partial charge is 0.444 e. The zero-order valence-electron chi connectivity index (χ0n) is 12.1. The van der Waals surface area contributed by atoms with Crippen molar-refractivity contribution in [2.75, 3.05) is 4.72 Å². The van der Waals surface area contributed by atoms with Crippen molar-refractivity contribution in [2.45, 2.75) is 0 Å². The van der Waals surface area contributed by atoms with Gasteiger partial charge in [0, 0.05) is 11.3 Å². The van der Waals surface area contributed by atoms with E-state index in [2.05, 4.69) is 9.71 Å². The molecular weight excluding hydrogens is 312 g/mol. The third-order valence-corrected chi connectivity index (χ3v) is 4.09. The van der Waals surface area contributed by atoms with E-state index in [4.69, 9.17) is 4.42 Å². The lowest BCUT2D eigenvalue weighted by atomic mass is 10.2.